The first kappa shape index (κ1) is 29.9. The molecule has 5 heterocycles. The molecule has 7 rings (SSSR count). The predicted molar refractivity (Wildman–Crippen MR) is 156 cm³/mol. The number of carboxylic acid groups (broad SMARTS) is 1. The van der Waals surface area contributed by atoms with Crippen LogP contribution in [-0.2, 0) is 23.7 Å². The van der Waals surface area contributed by atoms with Gasteiger partial charge in [0.15, 0.2) is 29.4 Å². The molecule has 4 aliphatic heterocycles. The highest BCUT2D eigenvalue weighted by molar-refractivity contribution is 5.97. The first-order valence-electron chi connectivity index (χ1n) is 15.3. The average molecular weight is 618 g/mol. The monoisotopic (exact) mass is 617 g/mol. The van der Waals surface area contributed by atoms with Crippen molar-refractivity contribution in [2.75, 3.05) is 38.2 Å². The van der Waals surface area contributed by atoms with Gasteiger partial charge in [-0.25, -0.2) is 9.18 Å². The summed E-state index contributed by atoms with van der Waals surface area (Å²) in [7, 11) is 1.45. The standard InChI is InChI=1S/C31H40FN3O9/c1-15-12-34(22-19(32)11-17-21(25(22)39-6)35(16-7-8-16)13-18(23(17)36)28(37)38)10-9-33(15)14-20-24-26(42-30(2,3)41-24)27-29(40-20)44-31(4,5)43-27/h11,13,15-16,20,24,26-27,29H,7-10,12,14H2,1-6H3,(H,37,38)/t15?,20-,24+,26+,27-,29-/m1/s1. The van der Waals surface area contributed by atoms with Gasteiger partial charge >= 0.3 is 5.97 Å². The molecule has 240 valence electrons. The lowest BCUT2D eigenvalue weighted by atomic mass is 9.97. The van der Waals surface area contributed by atoms with Crippen molar-refractivity contribution in [1.29, 1.82) is 0 Å². The third-order valence-electron chi connectivity index (χ3n) is 9.32. The fraction of sp³-hybridized carbons (Fsp3) is 0.677. The molecular weight excluding hydrogens is 577 g/mol. The van der Waals surface area contributed by atoms with Crippen LogP contribution in [0.1, 0.15) is 63.9 Å². The minimum Gasteiger partial charge on any atom is -0.492 e. The molecular formula is C31H40FN3O9. The van der Waals surface area contributed by atoms with Crippen molar-refractivity contribution in [3.63, 3.8) is 0 Å². The predicted octanol–water partition coefficient (Wildman–Crippen LogP) is 3.09. The molecule has 0 radical (unpaired) electrons. The van der Waals surface area contributed by atoms with Gasteiger partial charge in [-0.15, -0.1) is 0 Å². The van der Waals surface area contributed by atoms with E-state index in [4.69, 9.17) is 28.4 Å². The molecule has 0 amide bonds. The van der Waals surface area contributed by atoms with Crippen LogP contribution >= 0.6 is 0 Å². The Morgan fingerprint density at radius 1 is 1.07 bits per heavy atom. The van der Waals surface area contributed by atoms with Crippen LogP contribution in [0.15, 0.2) is 17.1 Å². The van der Waals surface area contributed by atoms with Gasteiger partial charge in [0, 0.05) is 44.5 Å². The summed E-state index contributed by atoms with van der Waals surface area (Å²) in [5.74, 6) is -3.31. The summed E-state index contributed by atoms with van der Waals surface area (Å²) in [6.45, 7) is 11.7. The van der Waals surface area contributed by atoms with E-state index in [0.717, 1.165) is 18.9 Å². The number of carboxylic acids is 1. The number of nitrogens with zero attached hydrogens (tertiary/aromatic N) is 3. The lowest BCUT2D eigenvalue weighted by Gasteiger charge is -2.45. The molecule has 5 aliphatic rings. The van der Waals surface area contributed by atoms with Crippen molar-refractivity contribution < 1.29 is 42.7 Å². The summed E-state index contributed by atoms with van der Waals surface area (Å²) in [6.07, 6.45) is 1.06. The number of rotatable bonds is 6. The Morgan fingerprint density at radius 2 is 1.75 bits per heavy atom. The normalized spacial score (nSPS) is 32.9. The minimum absolute atomic E-state index is 0.00384. The number of anilines is 1. The van der Waals surface area contributed by atoms with Crippen LogP contribution in [0.4, 0.5) is 10.1 Å². The van der Waals surface area contributed by atoms with E-state index in [-0.39, 0.29) is 52.8 Å². The molecule has 12 nitrogen and oxygen atoms in total. The van der Waals surface area contributed by atoms with Crippen LogP contribution < -0.4 is 15.1 Å². The Hall–Kier alpha value is -2.81. The van der Waals surface area contributed by atoms with Gasteiger partial charge in [-0.3, -0.25) is 9.69 Å². The zero-order valence-corrected chi connectivity index (χ0v) is 25.9. The SMILES string of the molecule is COc1c(N2CCN(C[C@H]3O[C@@H]4OC(C)(C)O[C@@H]4[C@H]4OC(C)(C)O[C@H]43)C(C)C2)c(F)cc2c(=O)c(C(=O)O)cn(C3CC3)c12. The van der Waals surface area contributed by atoms with Gasteiger partial charge in [-0.05, 0) is 53.5 Å². The average Bonchev–Trinajstić information content (AvgIpc) is 3.66. The highest BCUT2D eigenvalue weighted by Crippen LogP contribution is 2.46. The lowest BCUT2D eigenvalue weighted by molar-refractivity contribution is -0.237. The topological polar surface area (TPSA) is 121 Å². The third-order valence-corrected chi connectivity index (χ3v) is 9.32. The second-order valence-electron chi connectivity index (χ2n) is 13.4. The van der Waals surface area contributed by atoms with Crippen LogP contribution in [0.25, 0.3) is 10.9 Å². The molecule has 2 aromatic rings. The van der Waals surface area contributed by atoms with Crippen molar-refractivity contribution in [3.05, 3.63) is 33.9 Å². The van der Waals surface area contributed by atoms with Gasteiger partial charge < -0.3 is 43.0 Å². The molecule has 4 saturated heterocycles. The Morgan fingerprint density at radius 3 is 2.41 bits per heavy atom. The number of piperazine rings is 1. The summed E-state index contributed by atoms with van der Waals surface area (Å²) in [5, 5.41) is 9.64. The number of aromatic nitrogens is 1. The number of fused-ring (bicyclic) bond motifs is 4. The summed E-state index contributed by atoms with van der Waals surface area (Å²) in [5.41, 5.74) is -0.401. The molecule has 1 saturated carbocycles. The number of ether oxygens (including phenoxy) is 6. The van der Waals surface area contributed by atoms with E-state index < -0.39 is 41.2 Å². The Balaban J connectivity index is 1.15. The molecule has 5 fully saturated rings. The van der Waals surface area contributed by atoms with E-state index in [2.05, 4.69) is 11.8 Å². The number of hydrogen-bond acceptors (Lipinski definition) is 10. The quantitative estimate of drug-likeness (QED) is 0.515. The number of pyridine rings is 1. The maximum absolute atomic E-state index is 15.9. The lowest BCUT2D eigenvalue weighted by Crippen LogP contribution is -2.61. The molecule has 1 unspecified atom stereocenters. The minimum atomic E-state index is -1.34. The molecule has 0 spiro atoms. The van der Waals surface area contributed by atoms with Crippen molar-refractivity contribution >= 4 is 22.6 Å². The molecule has 13 heteroatoms. The Kier molecular flexibility index (Phi) is 7.03. The van der Waals surface area contributed by atoms with E-state index in [9.17, 15) is 14.7 Å². The molecule has 1 aliphatic carbocycles. The summed E-state index contributed by atoms with van der Waals surface area (Å²) >= 11 is 0. The van der Waals surface area contributed by atoms with E-state index in [1.165, 1.54) is 13.3 Å². The van der Waals surface area contributed by atoms with Gasteiger partial charge in [-0.1, -0.05) is 0 Å². The number of carbonyl (C=O) groups is 1. The molecule has 6 atom stereocenters. The maximum atomic E-state index is 15.9. The van der Waals surface area contributed by atoms with Crippen LogP contribution in [0.5, 0.6) is 5.75 Å². The summed E-state index contributed by atoms with van der Waals surface area (Å²) in [4.78, 5) is 29.1. The first-order chi connectivity index (χ1) is 20.8. The van der Waals surface area contributed by atoms with Crippen molar-refractivity contribution in [2.45, 2.75) is 102 Å². The maximum Gasteiger partial charge on any atom is 0.341 e. The van der Waals surface area contributed by atoms with Crippen molar-refractivity contribution in [1.82, 2.24) is 9.47 Å². The van der Waals surface area contributed by atoms with E-state index in [1.54, 1.807) is 4.57 Å². The molecule has 1 aromatic carbocycles. The zero-order chi connectivity index (χ0) is 31.3. The molecule has 1 N–H and O–H groups in total. The second-order valence-corrected chi connectivity index (χ2v) is 13.4. The van der Waals surface area contributed by atoms with Crippen molar-refractivity contribution in [2.24, 2.45) is 0 Å². The number of methoxy groups -OCH3 is 1. The van der Waals surface area contributed by atoms with Gasteiger partial charge in [0.25, 0.3) is 0 Å². The molecule has 1 aromatic heterocycles. The van der Waals surface area contributed by atoms with Crippen LogP contribution in [-0.4, -0.2) is 102 Å². The summed E-state index contributed by atoms with van der Waals surface area (Å²) < 4.78 is 54.7. The highest BCUT2D eigenvalue weighted by Gasteiger charge is 2.61. The second kappa shape index (κ2) is 10.4. The zero-order valence-electron chi connectivity index (χ0n) is 25.9. The number of hydrogen-bond donors (Lipinski definition) is 1. The molecule has 0 bridgehead atoms. The molecule has 44 heavy (non-hydrogen) atoms. The van der Waals surface area contributed by atoms with E-state index >= 15 is 4.39 Å². The number of benzene rings is 1. The van der Waals surface area contributed by atoms with Crippen LogP contribution in [0.2, 0.25) is 0 Å². The van der Waals surface area contributed by atoms with Crippen LogP contribution in [0.3, 0.4) is 0 Å². The van der Waals surface area contributed by atoms with Gasteiger partial charge in [0.05, 0.1) is 18.0 Å². The largest absolute Gasteiger partial charge is 0.492 e. The first-order valence-corrected chi connectivity index (χ1v) is 15.3. The third kappa shape index (κ3) is 4.97. The van der Waals surface area contributed by atoms with Gasteiger partial charge in [0.2, 0.25) is 5.43 Å². The summed E-state index contributed by atoms with van der Waals surface area (Å²) in [6, 6.07) is 1.19. The Labute approximate surface area is 254 Å². The Bertz CT molecular complexity index is 1560. The number of halogens is 1. The van der Waals surface area contributed by atoms with E-state index in [1.807, 2.05) is 32.6 Å². The van der Waals surface area contributed by atoms with Crippen molar-refractivity contribution in [3.8, 4) is 5.75 Å². The number of aromatic carboxylic acids is 1. The smallest absolute Gasteiger partial charge is 0.341 e. The van der Waals surface area contributed by atoms with Gasteiger partial charge in [-0.2, -0.15) is 0 Å². The highest BCUT2D eigenvalue weighted by atomic mass is 19.1. The fourth-order valence-corrected chi connectivity index (χ4v) is 7.27. The van der Waals surface area contributed by atoms with E-state index in [0.29, 0.717) is 31.7 Å². The van der Waals surface area contributed by atoms with Crippen LogP contribution in [0, 0.1) is 5.82 Å². The fourth-order valence-electron chi connectivity index (χ4n) is 7.27. The van der Waals surface area contributed by atoms with Gasteiger partial charge in [0.1, 0.15) is 35.7 Å².